The van der Waals surface area contributed by atoms with Crippen molar-refractivity contribution in [3.63, 3.8) is 0 Å². The summed E-state index contributed by atoms with van der Waals surface area (Å²) < 4.78 is 12.8. The molecule has 2 aromatic rings. The van der Waals surface area contributed by atoms with Gasteiger partial charge in [-0.2, -0.15) is 0 Å². The maximum absolute atomic E-state index is 12.8. The second-order valence-corrected chi connectivity index (χ2v) is 5.60. The highest BCUT2D eigenvalue weighted by atomic mass is 19.1. The Balaban J connectivity index is 1.71. The molecule has 2 rings (SSSR count). The molecular formula is C18H20FN5O2. The molecule has 1 heterocycles. The molecule has 0 radical (unpaired) electrons. The normalized spacial score (nSPS) is 10.6. The van der Waals surface area contributed by atoms with Gasteiger partial charge >= 0.3 is 0 Å². The van der Waals surface area contributed by atoms with Gasteiger partial charge in [0.1, 0.15) is 5.82 Å². The van der Waals surface area contributed by atoms with E-state index in [9.17, 15) is 14.0 Å². The van der Waals surface area contributed by atoms with Gasteiger partial charge in [0.25, 0.3) is 5.91 Å². The molecule has 0 unspecified atom stereocenters. The van der Waals surface area contributed by atoms with Crippen molar-refractivity contribution in [2.24, 2.45) is 0 Å². The minimum absolute atomic E-state index is 0.260. The lowest BCUT2D eigenvalue weighted by molar-refractivity contribution is -0.116. The van der Waals surface area contributed by atoms with E-state index in [-0.39, 0.29) is 24.9 Å². The van der Waals surface area contributed by atoms with Crippen LogP contribution in [0.3, 0.4) is 0 Å². The molecule has 0 aliphatic carbocycles. The second-order valence-electron chi connectivity index (χ2n) is 5.60. The lowest BCUT2D eigenvalue weighted by Crippen LogP contribution is -2.33. The Bertz CT molecular complexity index is 773. The number of benzene rings is 1. The van der Waals surface area contributed by atoms with Crippen molar-refractivity contribution in [2.45, 2.75) is 0 Å². The molecule has 0 fully saturated rings. The zero-order valence-electron chi connectivity index (χ0n) is 14.6. The molecule has 0 aliphatic heterocycles. The first-order chi connectivity index (χ1) is 12.5. The summed E-state index contributed by atoms with van der Waals surface area (Å²) in [4.78, 5) is 33.6. The predicted octanol–water partition coefficient (Wildman–Crippen LogP) is 1.24. The third-order valence-corrected chi connectivity index (χ3v) is 3.30. The van der Waals surface area contributed by atoms with E-state index >= 15 is 0 Å². The monoisotopic (exact) mass is 357 g/mol. The van der Waals surface area contributed by atoms with Gasteiger partial charge in [-0.3, -0.25) is 9.59 Å². The minimum atomic E-state index is -0.401. The highest BCUT2D eigenvalue weighted by Crippen LogP contribution is 2.04. The van der Waals surface area contributed by atoms with Crippen molar-refractivity contribution >= 4 is 23.8 Å². The molecule has 0 aliphatic rings. The lowest BCUT2D eigenvalue weighted by atomic mass is 10.2. The summed E-state index contributed by atoms with van der Waals surface area (Å²) in [6.45, 7) is 0.530. The van der Waals surface area contributed by atoms with Crippen LogP contribution in [0.1, 0.15) is 15.9 Å². The molecule has 0 saturated carbocycles. The maximum atomic E-state index is 12.8. The highest BCUT2D eigenvalue weighted by molar-refractivity contribution is 5.94. The van der Waals surface area contributed by atoms with Crippen molar-refractivity contribution in [1.82, 2.24) is 20.6 Å². The number of anilines is 1. The third-order valence-electron chi connectivity index (χ3n) is 3.30. The van der Waals surface area contributed by atoms with Gasteiger partial charge in [-0.05, 0) is 30.3 Å². The van der Waals surface area contributed by atoms with Crippen molar-refractivity contribution in [3.8, 4) is 0 Å². The van der Waals surface area contributed by atoms with Gasteiger partial charge in [0, 0.05) is 56.8 Å². The van der Waals surface area contributed by atoms with Gasteiger partial charge in [-0.15, -0.1) is 0 Å². The number of carbonyl (C=O) groups excluding carboxylic acids is 2. The van der Waals surface area contributed by atoms with Gasteiger partial charge in [0.05, 0.1) is 0 Å². The first kappa shape index (κ1) is 19.0. The zero-order chi connectivity index (χ0) is 18.9. The number of halogens is 1. The second kappa shape index (κ2) is 9.26. The summed E-state index contributed by atoms with van der Waals surface area (Å²) in [7, 11) is 3.68. The fourth-order valence-corrected chi connectivity index (χ4v) is 1.94. The molecular weight excluding hydrogens is 337 g/mol. The van der Waals surface area contributed by atoms with E-state index in [1.165, 1.54) is 30.3 Å². The van der Waals surface area contributed by atoms with E-state index in [0.29, 0.717) is 17.1 Å². The zero-order valence-corrected chi connectivity index (χ0v) is 14.6. The number of rotatable bonds is 7. The van der Waals surface area contributed by atoms with Crippen molar-refractivity contribution in [1.29, 1.82) is 0 Å². The molecule has 136 valence electrons. The van der Waals surface area contributed by atoms with Crippen LogP contribution in [0.4, 0.5) is 10.3 Å². The molecule has 0 atom stereocenters. The fraction of sp³-hybridized carbons (Fsp3) is 0.222. The molecule has 8 heteroatoms. The molecule has 1 aromatic carbocycles. The average Bonchev–Trinajstić information content (AvgIpc) is 2.64. The van der Waals surface area contributed by atoms with Crippen LogP contribution in [-0.2, 0) is 4.79 Å². The summed E-state index contributed by atoms with van der Waals surface area (Å²) >= 11 is 0. The van der Waals surface area contributed by atoms with Gasteiger partial charge in [0.15, 0.2) is 0 Å². The first-order valence-electron chi connectivity index (χ1n) is 7.95. The predicted molar refractivity (Wildman–Crippen MR) is 97.1 cm³/mol. The molecule has 1 aromatic heterocycles. The highest BCUT2D eigenvalue weighted by Gasteiger charge is 2.04. The Morgan fingerprint density at radius 1 is 1.08 bits per heavy atom. The van der Waals surface area contributed by atoms with Gasteiger partial charge < -0.3 is 15.5 Å². The summed E-state index contributed by atoms with van der Waals surface area (Å²) in [6.07, 6.45) is 6.21. The maximum Gasteiger partial charge on any atom is 0.251 e. The van der Waals surface area contributed by atoms with E-state index in [4.69, 9.17) is 0 Å². The number of nitrogens with one attached hydrogen (secondary N) is 2. The molecule has 0 bridgehead atoms. The Morgan fingerprint density at radius 3 is 2.31 bits per heavy atom. The Morgan fingerprint density at radius 2 is 1.69 bits per heavy atom. The third kappa shape index (κ3) is 5.97. The SMILES string of the molecule is CN(C)c1ncc(/C=C/C(=O)NCCNC(=O)c2ccc(F)cc2)cn1. The van der Waals surface area contributed by atoms with Crippen LogP contribution in [0, 0.1) is 5.82 Å². The minimum Gasteiger partial charge on any atom is -0.351 e. The van der Waals surface area contributed by atoms with Crippen LogP contribution in [-0.4, -0.2) is 49.0 Å². The number of aromatic nitrogens is 2. The average molecular weight is 357 g/mol. The van der Waals surface area contributed by atoms with Crippen LogP contribution in [0.5, 0.6) is 0 Å². The van der Waals surface area contributed by atoms with Crippen LogP contribution in [0.25, 0.3) is 6.08 Å². The smallest absolute Gasteiger partial charge is 0.251 e. The Kier molecular flexibility index (Phi) is 6.78. The van der Waals surface area contributed by atoms with E-state index < -0.39 is 5.82 Å². The summed E-state index contributed by atoms with van der Waals surface area (Å²) in [5.74, 6) is -0.434. The molecule has 0 spiro atoms. The standard InChI is InChI=1S/C18H20FN5O2/c1-24(2)18-22-11-13(12-23-18)3-8-16(25)20-9-10-21-17(26)14-4-6-15(19)7-5-14/h3-8,11-12H,9-10H2,1-2H3,(H,20,25)(H,21,26)/b8-3+. The fourth-order valence-electron chi connectivity index (χ4n) is 1.94. The summed E-state index contributed by atoms with van der Waals surface area (Å²) in [5.41, 5.74) is 1.06. The number of carbonyl (C=O) groups is 2. The summed E-state index contributed by atoms with van der Waals surface area (Å²) in [6, 6.07) is 5.23. The van der Waals surface area contributed by atoms with Crippen LogP contribution in [0.2, 0.25) is 0 Å². The molecule has 0 saturated heterocycles. The quantitative estimate of drug-likeness (QED) is 0.575. The largest absolute Gasteiger partial charge is 0.351 e. The summed E-state index contributed by atoms with van der Waals surface area (Å²) in [5, 5.41) is 5.29. The molecule has 7 nitrogen and oxygen atoms in total. The van der Waals surface area contributed by atoms with E-state index in [1.807, 2.05) is 14.1 Å². The number of amides is 2. The Labute approximate surface area is 151 Å². The van der Waals surface area contributed by atoms with Crippen molar-refractivity contribution < 1.29 is 14.0 Å². The molecule has 2 N–H and O–H groups in total. The molecule has 26 heavy (non-hydrogen) atoms. The molecule has 2 amide bonds. The van der Waals surface area contributed by atoms with Crippen LogP contribution < -0.4 is 15.5 Å². The van der Waals surface area contributed by atoms with E-state index in [2.05, 4.69) is 20.6 Å². The number of nitrogens with zero attached hydrogens (tertiary/aromatic N) is 3. The van der Waals surface area contributed by atoms with Crippen molar-refractivity contribution in [2.75, 3.05) is 32.1 Å². The van der Waals surface area contributed by atoms with E-state index in [0.717, 1.165) is 0 Å². The van der Waals surface area contributed by atoms with E-state index in [1.54, 1.807) is 23.4 Å². The van der Waals surface area contributed by atoms with Crippen LogP contribution in [0.15, 0.2) is 42.7 Å². The first-order valence-corrected chi connectivity index (χ1v) is 7.95. The number of hydrogen-bond donors (Lipinski definition) is 2. The van der Waals surface area contributed by atoms with Gasteiger partial charge in [-0.1, -0.05) is 0 Å². The number of hydrogen-bond acceptors (Lipinski definition) is 5. The van der Waals surface area contributed by atoms with Crippen LogP contribution >= 0.6 is 0 Å². The topological polar surface area (TPSA) is 87.2 Å². The Hall–Kier alpha value is -3.29. The van der Waals surface area contributed by atoms with Crippen molar-refractivity contribution in [3.05, 3.63) is 59.7 Å². The van der Waals surface area contributed by atoms with Gasteiger partial charge in [-0.25, -0.2) is 14.4 Å². The lowest BCUT2D eigenvalue weighted by Gasteiger charge is -2.08. The van der Waals surface area contributed by atoms with Gasteiger partial charge in [0.2, 0.25) is 11.9 Å².